The second kappa shape index (κ2) is 3.52. The highest BCUT2D eigenvalue weighted by Gasteiger charge is 2.23. The number of nitrogens with zero attached hydrogens (tertiary/aromatic N) is 2. The van der Waals surface area contributed by atoms with Crippen molar-refractivity contribution in [1.29, 1.82) is 0 Å². The molecule has 1 aliphatic heterocycles. The molecule has 4 heteroatoms. The molecule has 0 spiro atoms. The van der Waals surface area contributed by atoms with Gasteiger partial charge in [-0.2, -0.15) is 5.10 Å². The van der Waals surface area contributed by atoms with Crippen LogP contribution < -0.4 is 5.73 Å². The number of nitrogen functional groups attached to an aromatic ring is 1. The van der Waals surface area contributed by atoms with Gasteiger partial charge in [0.25, 0.3) is 0 Å². The molecule has 0 aromatic carbocycles. The summed E-state index contributed by atoms with van der Waals surface area (Å²) in [5, 5.41) is 4.57. The monoisotopic (exact) mass is 207 g/mol. The largest absolute Gasteiger partial charge is 0.384 e. The minimum atomic E-state index is 0.326. The summed E-state index contributed by atoms with van der Waals surface area (Å²) < 4.78 is 7.54. The van der Waals surface area contributed by atoms with E-state index < -0.39 is 0 Å². The number of anilines is 1. The van der Waals surface area contributed by atoms with Crippen molar-refractivity contribution in [3.8, 4) is 0 Å². The highest BCUT2D eigenvalue weighted by Crippen LogP contribution is 2.27. The van der Waals surface area contributed by atoms with E-state index in [-0.39, 0.29) is 0 Å². The molecule has 0 saturated carbocycles. The van der Waals surface area contributed by atoms with E-state index in [1.807, 2.05) is 4.68 Å². The molecule has 0 bridgehead atoms. The Morgan fingerprint density at radius 2 is 2.33 bits per heavy atom. The third kappa shape index (κ3) is 1.53. The van der Waals surface area contributed by atoms with Crippen molar-refractivity contribution in [2.75, 3.05) is 12.3 Å². The predicted molar refractivity (Wildman–Crippen MR) is 57.6 cm³/mol. The van der Waals surface area contributed by atoms with Crippen molar-refractivity contribution >= 4 is 5.82 Å². The van der Waals surface area contributed by atoms with Crippen LogP contribution in [0.25, 0.3) is 0 Å². The van der Waals surface area contributed by atoms with Gasteiger partial charge in [0.1, 0.15) is 5.82 Å². The first kappa shape index (κ1) is 9.21. The second-order valence-corrected chi connectivity index (χ2v) is 4.48. The molecule has 4 nitrogen and oxygen atoms in total. The summed E-state index contributed by atoms with van der Waals surface area (Å²) in [6.07, 6.45) is 6.05. The average molecular weight is 207 g/mol. The maximum atomic E-state index is 6.08. The van der Waals surface area contributed by atoms with E-state index in [1.165, 1.54) is 24.1 Å². The minimum absolute atomic E-state index is 0.326. The molecule has 1 aliphatic carbocycles. The van der Waals surface area contributed by atoms with Crippen molar-refractivity contribution in [1.82, 2.24) is 9.78 Å². The summed E-state index contributed by atoms with van der Waals surface area (Å²) >= 11 is 0. The van der Waals surface area contributed by atoms with E-state index in [4.69, 9.17) is 10.5 Å². The lowest BCUT2D eigenvalue weighted by atomic mass is 10.2. The van der Waals surface area contributed by atoms with Crippen LogP contribution in [0.1, 0.15) is 30.5 Å². The zero-order valence-corrected chi connectivity index (χ0v) is 8.91. The van der Waals surface area contributed by atoms with Crippen molar-refractivity contribution in [2.45, 2.75) is 44.8 Å². The van der Waals surface area contributed by atoms with Crippen LogP contribution >= 0.6 is 0 Å². The lowest BCUT2D eigenvalue weighted by Gasteiger charge is -2.11. The summed E-state index contributed by atoms with van der Waals surface area (Å²) in [6, 6.07) is 0. The van der Waals surface area contributed by atoms with Crippen LogP contribution in [0.4, 0.5) is 5.82 Å². The molecule has 2 heterocycles. The Morgan fingerprint density at radius 1 is 1.40 bits per heavy atom. The number of hydrogen-bond acceptors (Lipinski definition) is 3. The molecule has 0 amide bonds. The lowest BCUT2D eigenvalue weighted by Crippen LogP contribution is -2.18. The van der Waals surface area contributed by atoms with Gasteiger partial charge in [-0.25, -0.2) is 4.68 Å². The summed E-state index contributed by atoms with van der Waals surface area (Å²) in [7, 11) is 0. The molecule has 3 rings (SSSR count). The molecule has 1 aromatic heterocycles. The van der Waals surface area contributed by atoms with Crippen molar-refractivity contribution in [2.24, 2.45) is 0 Å². The fourth-order valence-corrected chi connectivity index (χ4v) is 2.59. The van der Waals surface area contributed by atoms with Crippen LogP contribution in [-0.4, -0.2) is 22.5 Å². The number of fused-ring (bicyclic) bond motifs is 1. The molecular weight excluding hydrogens is 190 g/mol. The molecule has 1 aromatic rings. The van der Waals surface area contributed by atoms with E-state index in [0.29, 0.717) is 6.10 Å². The highest BCUT2D eigenvalue weighted by atomic mass is 16.5. The van der Waals surface area contributed by atoms with Crippen molar-refractivity contribution in [3.05, 3.63) is 11.3 Å². The van der Waals surface area contributed by atoms with Gasteiger partial charge in [0.2, 0.25) is 0 Å². The number of aryl methyl sites for hydroxylation is 1. The quantitative estimate of drug-likeness (QED) is 0.791. The Morgan fingerprint density at radius 3 is 3.07 bits per heavy atom. The van der Waals surface area contributed by atoms with Gasteiger partial charge in [-0.05, 0) is 32.1 Å². The molecule has 1 atom stereocenters. The topological polar surface area (TPSA) is 53.1 Å². The van der Waals surface area contributed by atoms with Crippen molar-refractivity contribution in [3.63, 3.8) is 0 Å². The minimum Gasteiger partial charge on any atom is -0.384 e. The standard InChI is InChI=1S/C11H17N3O/c12-11-9-4-1-5-10(9)13-14(11)7-8-3-2-6-15-8/h8H,1-7,12H2/t8-/m0/s1. The Kier molecular flexibility index (Phi) is 2.16. The maximum Gasteiger partial charge on any atom is 0.125 e. The van der Waals surface area contributed by atoms with Crippen LogP contribution in [0, 0.1) is 0 Å². The van der Waals surface area contributed by atoms with E-state index in [0.717, 1.165) is 38.2 Å². The molecule has 15 heavy (non-hydrogen) atoms. The summed E-state index contributed by atoms with van der Waals surface area (Å²) in [6.45, 7) is 1.73. The van der Waals surface area contributed by atoms with E-state index in [1.54, 1.807) is 0 Å². The highest BCUT2D eigenvalue weighted by molar-refractivity contribution is 5.45. The van der Waals surface area contributed by atoms with Gasteiger partial charge in [-0.15, -0.1) is 0 Å². The summed E-state index contributed by atoms with van der Waals surface area (Å²) in [4.78, 5) is 0. The van der Waals surface area contributed by atoms with E-state index in [2.05, 4.69) is 5.10 Å². The predicted octanol–water partition coefficient (Wildman–Crippen LogP) is 1.13. The third-order valence-corrected chi connectivity index (χ3v) is 3.42. The third-order valence-electron chi connectivity index (χ3n) is 3.42. The number of aromatic nitrogens is 2. The molecule has 2 N–H and O–H groups in total. The van der Waals surface area contributed by atoms with Gasteiger partial charge in [0.15, 0.2) is 0 Å². The fourth-order valence-electron chi connectivity index (χ4n) is 2.59. The molecule has 82 valence electrons. The Hall–Kier alpha value is -1.03. The van der Waals surface area contributed by atoms with Crippen LogP contribution in [0.2, 0.25) is 0 Å². The number of hydrogen-bond donors (Lipinski definition) is 1. The maximum absolute atomic E-state index is 6.08. The Bertz CT molecular complexity index is 366. The normalized spacial score (nSPS) is 24.7. The average Bonchev–Trinajstić information content (AvgIpc) is 2.89. The van der Waals surface area contributed by atoms with Gasteiger partial charge in [0.05, 0.1) is 18.3 Å². The molecule has 1 saturated heterocycles. The molecule has 0 radical (unpaired) electrons. The first-order valence-electron chi connectivity index (χ1n) is 5.80. The zero-order valence-electron chi connectivity index (χ0n) is 8.91. The second-order valence-electron chi connectivity index (χ2n) is 4.48. The van der Waals surface area contributed by atoms with Gasteiger partial charge >= 0.3 is 0 Å². The van der Waals surface area contributed by atoms with Gasteiger partial charge in [-0.1, -0.05) is 0 Å². The van der Waals surface area contributed by atoms with Gasteiger partial charge in [0, 0.05) is 12.2 Å². The Balaban J connectivity index is 1.80. The van der Waals surface area contributed by atoms with Crippen LogP contribution in [0.5, 0.6) is 0 Å². The number of ether oxygens (including phenoxy) is 1. The molecule has 2 aliphatic rings. The number of rotatable bonds is 2. The van der Waals surface area contributed by atoms with Crippen molar-refractivity contribution < 1.29 is 4.74 Å². The lowest BCUT2D eigenvalue weighted by molar-refractivity contribution is 0.0944. The van der Waals surface area contributed by atoms with Crippen LogP contribution in [0.3, 0.4) is 0 Å². The SMILES string of the molecule is Nc1c2c(nn1C[C@@H]1CCCO1)CCC2. The molecule has 0 unspecified atom stereocenters. The summed E-state index contributed by atoms with van der Waals surface area (Å²) in [5.74, 6) is 0.873. The van der Waals surface area contributed by atoms with E-state index in [9.17, 15) is 0 Å². The smallest absolute Gasteiger partial charge is 0.125 e. The van der Waals surface area contributed by atoms with Crippen LogP contribution in [0.15, 0.2) is 0 Å². The Labute approximate surface area is 89.4 Å². The number of nitrogens with two attached hydrogens (primary N) is 1. The van der Waals surface area contributed by atoms with Gasteiger partial charge < -0.3 is 10.5 Å². The fraction of sp³-hybridized carbons (Fsp3) is 0.727. The first-order chi connectivity index (χ1) is 7.34. The van der Waals surface area contributed by atoms with Crippen LogP contribution in [-0.2, 0) is 24.1 Å². The molecular formula is C11H17N3O. The van der Waals surface area contributed by atoms with E-state index >= 15 is 0 Å². The molecule has 1 fully saturated rings. The first-order valence-corrected chi connectivity index (χ1v) is 5.80. The van der Waals surface area contributed by atoms with Gasteiger partial charge in [-0.3, -0.25) is 0 Å². The zero-order chi connectivity index (χ0) is 10.3. The summed E-state index contributed by atoms with van der Waals surface area (Å²) in [5.41, 5.74) is 8.58.